The number of hydrogen-bond acceptors (Lipinski definition) is 7. The van der Waals surface area contributed by atoms with Gasteiger partial charge in [-0.15, -0.1) is 10.2 Å². The molecule has 1 aromatic heterocycles. The van der Waals surface area contributed by atoms with Gasteiger partial charge in [0.1, 0.15) is 12.4 Å². The van der Waals surface area contributed by atoms with Crippen molar-refractivity contribution < 1.29 is 19.1 Å². The molecule has 9 heteroatoms. The molecule has 0 bridgehead atoms. The number of anilines is 1. The number of ether oxygens (including phenoxy) is 2. The molecule has 3 rings (SSSR count). The Morgan fingerprint density at radius 1 is 1.09 bits per heavy atom. The highest BCUT2D eigenvalue weighted by atomic mass is 32.2. The Bertz CT molecular complexity index is 1100. The molecule has 32 heavy (non-hydrogen) atoms. The van der Waals surface area contributed by atoms with Gasteiger partial charge >= 0.3 is 5.97 Å². The summed E-state index contributed by atoms with van der Waals surface area (Å²) in [6, 6.07) is 12.5. The average Bonchev–Trinajstić information content (AvgIpc) is 3.20. The maximum atomic E-state index is 12.3. The van der Waals surface area contributed by atoms with Crippen LogP contribution in [0.5, 0.6) is 5.75 Å². The highest BCUT2D eigenvalue weighted by molar-refractivity contribution is 7.99. The van der Waals surface area contributed by atoms with Crippen LogP contribution < -0.4 is 10.1 Å². The molecule has 0 radical (unpaired) electrons. The zero-order valence-electron chi connectivity index (χ0n) is 18.5. The molecule has 3 aromatic rings. The molecule has 0 spiro atoms. The fraction of sp³-hybridized carbons (Fsp3) is 0.304. The molecule has 0 unspecified atom stereocenters. The summed E-state index contributed by atoms with van der Waals surface area (Å²) in [7, 11) is 1.32. The standard InChI is InChI=1S/C23H26N4O4S/c1-5-27-20(13-31-19-8-6-7-15(2)16(19)3)25-26-23(27)32-14-21(28)24-18-11-9-17(10-12-18)22(29)30-4/h6-12H,5,13-14H2,1-4H3,(H,24,28). The number of nitrogens with zero attached hydrogens (tertiary/aromatic N) is 3. The molecular weight excluding hydrogens is 428 g/mol. The lowest BCUT2D eigenvalue weighted by Crippen LogP contribution is -2.15. The fourth-order valence-electron chi connectivity index (χ4n) is 3.01. The van der Waals surface area contributed by atoms with E-state index in [4.69, 9.17) is 4.74 Å². The van der Waals surface area contributed by atoms with Gasteiger partial charge < -0.3 is 19.4 Å². The van der Waals surface area contributed by atoms with E-state index in [0.717, 1.165) is 11.3 Å². The Kier molecular flexibility index (Phi) is 7.88. The number of hydrogen-bond donors (Lipinski definition) is 1. The Morgan fingerprint density at radius 2 is 1.84 bits per heavy atom. The lowest BCUT2D eigenvalue weighted by Gasteiger charge is -2.11. The van der Waals surface area contributed by atoms with Gasteiger partial charge in [-0.05, 0) is 62.2 Å². The van der Waals surface area contributed by atoms with Crippen LogP contribution in [0.1, 0.15) is 34.2 Å². The second-order valence-electron chi connectivity index (χ2n) is 7.04. The summed E-state index contributed by atoms with van der Waals surface area (Å²) < 4.78 is 12.6. The second kappa shape index (κ2) is 10.8. The monoisotopic (exact) mass is 454 g/mol. The highest BCUT2D eigenvalue weighted by Crippen LogP contribution is 2.23. The van der Waals surface area contributed by atoms with Gasteiger partial charge in [0.15, 0.2) is 11.0 Å². The van der Waals surface area contributed by atoms with Crippen molar-refractivity contribution in [2.75, 3.05) is 18.2 Å². The van der Waals surface area contributed by atoms with Crippen LogP contribution in [0.3, 0.4) is 0 Å². The molecule has 0 aliphatic heterocycles. The third kappa shape index (κ3) is 5.67. The average molecular weight is 455 g/mol. The van der Waals surface area contributed by atoms with E-state index < -0.39 is 5.97 Å². The summed E-state index contributed by atoms with van der Waals surface area (Å²) in [6.45, 7) is 7.03. The van der Waals surface area contributed by atoms with Crippen LogP contribution in [0, 0.1) is 13.8 Å². The molecule has 0 fully saturated rings. The number of thioether (sulfide) groups is 1. The Balaban J connectivity index is 1.57. The summed E-state index contributed by atoms with van der Waals surface area (Å²) in [6.07, 6.45) is 0. The van der Waals surface area contributed by atoms with Crippen LogP contribution >= 0.6 is 11.8 Å². The number of carbonyl (C=O) groups is 2. The summed E-state index contributed by atoms with van der Waals surface area (Å²) in [5.74, 6) is 1.10. The normalized spacial score (nSPS) is 10.6. The number of carbonyl (C=O) groups excluding carboxylic acids is 2. The van der Waals surface area contributed by atoms with Crippen molar-refractivity contribution in [1.29, 1.82) is 0 Å². The Labute approximate surface area is 191 Å². The van der Waals surface area contributed by atoms with E-state index in [0.29, 0.717) is 35.4 Å². The lowest BCUT2D eigenvalue weighted by atomic mass is 10.1. The van der Waals surface area contributed by atoms with E-state index in [1.165, 1.54) is 24.4 Å². The third-order valence-corrected chi connectivity index (χ3v) is 5.91. The van der Waals surface area contributed by atoms with Crippen molar-refractivity contribution in [3.05, 3.63) is 65.0 Å². The number of esters is 1. The van der Waals surface area contributed by atoms with E-state index in [2.05, 4.69) is 20.3 Å². The van der Waals surface area contributed by atoms with Crippen LogP contribution in [0.2, 0.25) is 0 Å². The second-order valence-corrected chi connectivity index (χ2v) is 7.98. The molecule has 0 aliphatic rings. The first-order valence-electron chi connectivity index (χ1n) is 10.1. The molecule has 1 amide bonds. The van der Waals surface area contributed by atoms with E-state index >= 15 is 0 Å². The van der Waals surface area contributed by atoms with Crippen LogP contribution in [0.4, 0.5) is 5.69 Å². The van der Waals surface area contributed by atoms with E-state index in [-0.39, 0.29) is 11.7 Å². The molecule has 0 saturated carbocycles. The first kappa shape index (κ1) is 23.3. The number of nitrogens with one attached hydrogen (secondary N) is 1. The largest absolute Gasteiger partial charge is 0.485 e. The summed E-state index contributed by atoms with van der Waals surface area (Å²) >= 11 is 1.31. The predicted octanol–water partition coefficient (Wildman–Crippen LogP) is 4.01. The minimum atomic E-state index is -0.422. The number of rotatable bonds is 9. The summed E-state index contributed by atoms with van der Waals surface area (Å²) in [5, 5.41) is 11.9. The zero-order chi connectivity index (χ0) is 23.1. The minimum Gasteiger partial charge on any atom is -0.485 e. The van der Waals surface area contributed by atoms with Crippen molar-refractivity contribution in [2.45, 2.75) is 39.1 Å². The number of aromatic nitrogens is 3. The van der Waals surface area contributed by atoms with Gasteiger partial charge in [-0.25, -0.2) is 4.79 Å². The molecule has 1 N–H and O–H groups in total. The fourth-order valence-corrected chi connectivity index (χ4v) is 3.83. The molecule has 8 nitrogen and oxygen atoms in total. The Morgan fingerprint density at radius 3 is 2.53 bits per heavy atom. The van der Waals surface area contributed by atoms with Crippen molar-refractivity contribution in [1.82, 2.24) is 14.8 Å². The van der Waals surface area contributed by atoms with Crippen molar-refractivity contribution >= 4 is 29.3 Å². The smallest absolute Gasteiger partial charge is 0.337 e. The maximum Gasteiger partial charge on any atom is 0.337 e. The molecule has 0 saturated heterocycles. The van der Waals surface area contributed by atoms with Crippen LogP contribution in [-0.4, -0.2) is 39.5 Å². The van der Waals surface area contributed by atoms with Crippen LogP contribution in [0.15, 0.2) is 47.6 Å². The van der Waals surface area contributed by atoms with Gasteiger partial charge in [0.05, 0.1) is 18.4 Å². The number of methoxy groups -OCH3 is 1. The third-order valence-electron chi connectivity index (χ3n) is 4.94. The zero-order valence-corrected chi connectivity index (χ0v) is 19.4. The van der Waals surface area contributed by atoms with Crippen molar-refractivity contribution in [3.63, 3.8) is 0 Å². The first-order valence-corrected chi connectivity index (χ1v) is 11.1. The minimum absolute atomic E-state index is 0.175. The SMILES string of the molecule is CCn1c(COc2cccc(C)c2C)nnc1SCC(=O)Nc1ccc(C(=O)OC)cc1. The van der Waals surface area contributed by atoms with E-state index in [1.54, 1.807) is 24.3 Å². The molecule has 1 heterocycles. The van der Waals surface area contributed by atoms with E-state index in [1.807, 2.05) is 43.5 Å². The molecule has 2 aromatic carbocycles. The summed E-state index contributed by atoms with van der Waals surface area (Å²) in [5.41, 5.74) is 3.29. The van der Waals surface area contributed by atoms with Crippen LogP contribution in [-0.2, 0) is 22.7 Å². The van der Waals surface area contributed by atoms with Gasteiger partial charge in [0.25, 0.3) is 0 Å². The van der Waals surface area contributed by atoms with Gasteiger partial charge in [-0.2, -0.15) is 0 Å². The molecule has 0 aliphatic carbocycles. The van der Waals surface area contributed by atoms with E-state index in [9.17, 15) is 9.59 Å². The summed E-state index contributed by atoms with van der Waals surface area (Å²) in [4.78, 5) is 23.8. The number of aryl methyl sites for hydroxylation is 1. The van der Waals surface area contributed by atoms with Crippen LogP contribution in [0.25, 0.3) is 0 Å². The lowest BCUT2D eigenvalue weighted by molar-refractivity contribution is -0.113. The van der Waals surface area contributed by atoms with Crippen molar-refractivity contribution in [3.8, 4) is 5.75 Å². The molecular formula is C23H26N4O4S. The predicted molar refractivity (Wildman–Crippen MR) is 123 cm³/mol. The molecule has 0 atom stereocenters. The Hall–Kier alpha value is -3.33. The van der Waals surface area contributed by atoms with Gasteiger partial charge in [-0.3, -0.25) is 4.79 Å². The van der Waals surface area contributed by atoms with Gasteiger partial charge in [-0.1, -0.05) is 23.9 Å². The van der Waals surface area contributed by atoms with Crippen molar-refractivity contribution in [2.24, 2.45) is 0 Å². The maximum absolute atomic E-state index is 12.3. The topological polar surface area (TPSA) is 95.3 Å². The number of amides is 1. The quantitative estimate of drug-likeness (QED) is 0.385. The first-order chi connectivity index (χ1) is 15.4. The highest BCUT2D eigenvalue weighted by Gasteiger charge is 2.15. The molecule has 168 valence electrons. The van der Waals surface area contributed by atoms with Gasteiger partial charge in [0.2, 0.25) is 5.91 Å². The number of benzene rings is 2. The van der Waals surface area contributed by atoms with Gasteiger partial charge in [0, 0.05) is 12.2 Å².